The van der Waals surface area contributed by atoms with Crippen LogP contribution in [0.25, 0.3) is 0 Å². The monoisotopic (exact) mass is 157 g/mol. The van der Waals surface area contributed by atoms with E-state index in [1.54, 1.807) is 0 Å². The molecule has 0 heteroatoms. The molecule has 1 unspecified atom stereocenters. The Kier molecular flexibility index (Phi) is 2.94. The first-order valence-corrected chi connectivity index (χ1v) is 4.30. The fraction of sp³-hybridized carbons (Fsp3) is 0.333. The first kappa shape index (κ1) is 8.87. The van der Waals surface area contributed by atoms with Crippen molar-refractivity contribution < 1.29 is 0 Å². The van der Waals surface area contributed by atoms with Gasteiger partial charge in [-0.05, 0) is 36.5 Å². The summed E-state index contributed by atoms with van der Waals surface area (Å²) in [6.07, 6.45) is 8.08. The molecule has 1 atom stereocenters. The van der Waals surface area contributed by atoms with Gasteiger partial charge in [0, 0.05) is 5.56 Å². The predicted octanol–water partition coefficient (Wildman–Crippen LogP) is 3.14. The lowest BCUT2D eigenvalue weighted by molar-refractivity contribution is 0.733. The lowest BCUT2D eigenvalue weighted by Crippen LogP contribution is -1.90. The maximum absolute atomic E-state index is 6.92. The third-order valence-electron chi connectivity index (χ3n) is 2.24. The highest BCUT2D eigenvalue weighted by Gasteiger charge is 2.00. The van der Waals surface area contributed by atoms with Crippen molar-refractivity contribution >= 4 is 0 Å². The van der Waals surface area contributed by atoms with Crippen molar-refractivity contribution in [3.63, 3.8) is 0 Å². The summed E-state index contributed by atoms with van der Waals surface area (Å²) in [6, 6.07) is 8.03. The Labute approximate surface area is 74.6 Å². The zero-order chi connectivity index (χ0) is 8.97. The van der Waals surface area contributed by atoms with Crippen LogP contribution in [0, 0.1) is 12.3 Å². The van der Waals surface area contributed by atoms with Crippen molar-refractivity contribution in [3.8, 4) is 5.92 Å². The first-order valence-electron chi connectivity index (χ1n) is 4.30. The molecule has 0 N–H and O–H groups in total. The molecule has 0 fully saturated rings. The second kappa shape index (κ2) is 3.97. The molecule has 61 valence electrons. The molecule has 0 saturated heterocycles. The molecule has 12 heavy (non-hydrogen) atoms. The van der Waals surface area contributed by atoms with Crippen molar-refractivity contribution in [3.05, 3.63) is 41.8 Å². The molecule has 0 bridgehead atoms. The molecule has 1 aromatic carbocycles. The van der Waals surface area contributed by atoms with E-state index in [2.05, 4.69) is 31.9 Å². The van der Waals surface area contributed by atoms with E-state index in [0.29, 0.717) is 5.92 Å². The Morgan fingerprint density at radius 3 is 2.33 bits per heavy atom. The van der Waals surface area contributed by atoms with Gasteiger partial charge >= 0.3 is 0 Å². The average molecular weight is 157 g/mol. The SMILES string of the molecule is [C]#Cc1ccc(C(C)CC)cc1. The van der Waals surface area contributed by atoms with E-state index in [0.717, 1.165) is 12.0 Å². The molecule has 0 saturated carbocycles. The first-order chi connectivity index (χ1) is 5.77. The maximum Gasteiger partial charge on any atom is 0.0255 e. The van der Waals surface area contributed by atoms with E-state index in [-0.39, 0.29) is 0 Å². The van der Waals surface area contributed by atoms with E-state index in [4.69, 9.17) is 6.42 Å². The van der Waals surface area contributed by atoms with Crippen LogP contribution in [0.2, 0.25) is 0 Å². The minimum absolute atomic E-state index is 0.616. The largest absolute Gasteiger partial charge is 0.0648 e. The topological polar surface area (TPSA) is 0 Å². The second-order valence-corrected chi connectivity index (χ2v) is 3.06. The highest BCUT2D eigenvalue weighted by molar-refractivity contribution is 5.33. The Morgan fingerprint density at radius 2 is 1.92 bits per heavy atom. The van der Waals surface area contributed by atoms with E-state index < -0.39 is 0 Å². The van der Waals surface area contributed by atoms with E-state index in [9.17, 15) is 0 Å². The molecule has 0 amide bonds. The smallest absolute Gasteiger partial charge is 0.0255 e. The summed E-state index contributed by atoms with van der Waals surface area (Å²) in [4.78, 5) is 0. The molecular formula is C12H13. The van der Waals surface area contributed by atoms with Crippen LogP contribution in [0.3, 0.4) is 0 Å². The van der Waals surface area contributed by atoms with Crippen LogP contribution in [0.1, 0.15) is 37.3 Å². The molecule has 0 spiro atoms. The minimum atomic E-state index is 0.616. The highest BCUT2D eigenvalue weighted by atomic mass is 14.1. The molecule has 1 aromatic rings. The predicted molar refractivity (Wildman–Crippen MR) is 51.4 cm³/mol. The quantitative estimate of drug-likeness (QED) is 0.578. The molecule has 1 radical (unpaired) electrons. The van der Waals surface area contributed by atoms with E-state index in [1.807, 2.05) is 12.1 Å². The van der Waals surface area contributed by atoms with Crippen molar-refractivity contribution in [2.45, 2.75) is 26.2 Å². The van der Waals surface area contributed by atoms with Crippen molar-refractivity contribution in [1.82, 2.24) is 0 Å². The van der Waals surface area contributed by atoms with Crippen molar-refractivity contribution in [1.29, 1.82) is 0 Å². The summed E-state index contributed by atoms with van der Waals surface area (Å²) in [5.41, 5.74) is 2.19. The summed E-state index contributed by atoms with van der Waals surface area (Å²) in [5.74, 6) is 2.98. The fourth-order valence-electron chi connectivity index (χ4n) is 1.13. The number of rotatable bonds is 2. The lowest BCUT2D eigenvalue weighted by atomic mass is 9.98. The normalized spacial score (nSPS) is 12.1. The van der Waals surface area contributed by atoms with Crippen LogP contribution in [-0.4, -0.2) is 0 Å². The minimum Gasteiger partial charge on any atom is -0.0648 e. The van der Waals surface area contributed by atoms with Crippen LogP contribution in [0.15, 0.2) is 24.3 Å². The Balaban J connectivity index is 2.86. The zero-order valence-corrected chi connectivity index (χ0v) is 7.59. The molecule has 0 heterocycles. The van der Waals surface area contributed by atoms with Crippen LogP contribution in [0.5, 0.6) is 0 Å². The fourth-order valence-corrected chi connectivity index (χ4v) is 1.13. The Bertz CT molecular complexity index is 274. The molecule has 0 aliphatic heterocycles. The number of hydrogen-bond acceptors (Lipinski definition) is 0. The molecule has 0 aliphatic carbocycles. The third kappa shape index (κ3) is 1.89. The van der Waals surface area contributed by atoms with Gasteiger partial charge in [-0.3, -0.25) is 0 Å². The van der Waals surface area contributed by atoms with Crippen LogP contribution in [0.4, 0.5) is 0 Å². The molecule has 1 rings (SSSR count). The van der Waals surface area contributed by atoms with Gasteiger partial charge in [-0.1, -0.05) is 31.9 Å². The van der Waals surface area contributed by atoms with Gasteiger partial charge in [0.15, 0.2) is 0 Å². The molecular weight excluding hydrogens is 144 g/mol. The summed E-state index contributed by atoms with van der Waals surface area (Å²) in [7, 11) is 0. The van der Waals surface area contributed by atoms with Crippen LogP contribution in [-0.2, 0) is 0 Å². The van der Waals surface area contributed by atoms with Gasteiger partial charge in [0.2, 0.25) is 0 Å². The maximum atomic E-state index is 6.92. The zero-order valence-electron chi connectivity index (χ0n) is 7.59. The average Bonchev–Trinajstić information content (AvgIpc) is 2.17. The van der Waals surface area contributed by atoms with Crippen LogP contribution >= 0.6 is 0 Å². The van der Waals surface area contributed by atoms with Gasteiger partial charge in [-0.2, -0.15) is 0 Å². The van der Waals surface area contributed by atoms with Gasteiger partial charge in [0.25, 0.3) is 0 Å². The molecule has 0 nitrogen and oxygen atoms in total. The Morgan fingerprint density at radius 1 is 1.33 bits per heavy atom. The lowest BCUT2D eigenvalue weighted by Gasteiger charge is -2.07. The van der Waals surface area contributed by atoms with Gasteiger partial charge in [0.1, 0.15) is 0 Å². The number of benzene rings is 1. The van der Waals surface area contributed by atoms with Gasteiger partial charge in [-0.25, -0.2) is 0 Å². The Hall–Kier alpha value is -1.22. The van der Waals surface area contributed by atoms with Gasteiger partial charge in [-0.15, -0.1) is 0 Å². The summed E-state index contributed by atoms with van der Waals surface area (Å²) < 4.78 is 0. The third-order valence-corrected chi connectivity index (χ3v) is 2.24. The van der Waals surface area contributed by atoms with Crippen molar-refractivity contribution in [2.75, 3.05) is 0 Å². The van der Waals surface area contributed by atoms with Crippen LogP contribution < -0.4 is 0 Å². The van der Waals surface area contributed by atoms with E-state index >= 15 is 0 Å². The highest BCUT2D eigenvalue weighted by Crippen LogP contribution is 2.18. The molecule has 0 aliphatic rings. The van der Waals surface area contributed by atoms with Gasteiger partial charge in [0.05, 0.1) is 0 Å². The molecule has 0 aromatic heterocycles. The summed E-state index contributed by atoms with van der Waals surface area (Å²) >= 11 is 0. The van der Waals surface area contributed by atoms with Gasteiger partial charge < -0.3 is 0 Å². The van der Waals surface area contributed by atoms with Crippen molar-refractivity contribution in [2.24, 2.45) is 0 Å². The summed E-state index contributed by atoms with van der Waals surface area (Å²) in [6.45, 7) is 4.39. The summed E-state index contributed by atoms with van der Waals surface area (Å²) in [5, 5.41) is 0. The standard InChI is InChI=1S/C12H13/c1-4-10(3)12-8-6-11(5-2)7-9-12/h6-10H,4H2,1,3H3. The number of hydrogen-bond donors (Lipinski definition) is 0. The second-order valence-electron chi connectivity index (χ2n) is 3.06. The van der Waals surface area contributed by atoms with E-state index in [1.165, 1.54) is 5.56 Å².